The van der Waals surface area contributed by atoms with Crippen molar-refractivity contribution >= 4 is 50.9 Å². The van der Waals surface area contributed by atoms with Crippen LogP contribution in [0.2, 0.25) is 0 Å². The summed E-state index contributed by atoms with van der Waals surface area (Å²) < 4.78 is 70.7. The van der Waals surface area contributed by atoms with Crippen molar-refractivity contribution in [3.63, 3.8) is 0 Å². The van der Waals surface area contributed by atoms with Crippen LogP contribution in [0.1, 0.15) is 86.2 Å². The molecule has 10 heterocycles. The van der Waals surface area contributed by atoms with Gasteiger partial charge in [-0.05, 0) is 116 Å². The highest BCUT2D eigenvalue weighted by molar-refractivity contribution is 6.06. The zero-order chi connectivity index (χ0) is 53.6. The summed E-state index contributed by atoms with van der Waals surface area (Å²) in [5.74, 6) is -1.53. The highest BCUT2D eigenvalue weighted by Gasteiger charge is 2.53. The number of carbonyl (C=O) groups excluding carboxylic acids is 3. The molecule has 3 aromatic carbocycles. The number of piperidine rings is 2. The minimum Gasteiger partial charge on any atom is -0.508 e. The van der Waals surface area contributed by atoms with Gasteiger partial charge in [0.05, 0.1) is 23.2 Å². The van der Waals surface area contributed by atoms with Crippen LogP contribution in [0.3, 0.4) is 0 Å². The van der Waals surface area contributed by atoms with Gasteiger partial charge >= 0.3 is 6.01 Å². The third-order valence-corrected chi connectivity index (χ3v) is 18.6. The van der Waals surface area contributed by atoms with Gasteiger partial charge in [-0.15, -0.1) is 0 Å². The molecule has 2 bridgehead atoms. The maximum absolute atomic E-state index is 17.3. The van der Waals surface area contributed by atoms with Crippen LogP contribution in [-0.4, -0.2) is 172 Å². The standard InChI is InChI=1S/C58H67F4N11O5/c1-2-40-45(60)7-3-35-21-39(74)22-42(49(35)40)52-51(62)53-43(25-63-52)54(71-29-37-4-5-38(30-71)64-37)67-57(66-53)78-32-58-23-34(27-72(58)28-36(59)24-58)11-14-68-17-19-69(20-18-68)26-33-12-15-70(16-13-33)46-8-6-41-44(50(46)61)31-73(56(41)77)47-9-10-48(75)65-55(47)76/h3,6-8,21-22,25,33-34,36-38,47,64,74H,2,4-5,9-20,23-24,26-32H2,1H3,(H,65,75,76)/t34-,36+,37-,38+,47?,58-/m0/s1. The highest BCUT2D eigenvalue weighted by Crippen LogP contribution is 2.45. The zero-order valence-electron chi connectivity index (χ0n) is 44.1. The van der Waals surface area contributed by atoms with Crippen LogP contribution >= 0.6 is 0 Å². The maximum atomic E-state index is 17.3. The van der Waals surface area contributed by atoms with Crippen LogP contribution in [0.15, 0.2) is 42.6 Å². The second-order valence-corrected chi connectivity index (χ2v) is 23.5. The summed E-state index contributed by atoms with van der Waals surface area (Å²) in [7, 11) is 0. The number of phenolic OH excluding ortho intramolecular Hbond substituents is 1. The van der Waals surface area contributed by atoms with Crippen molar-refractivity contribution in [1.82, 2.24) is 45.2 Å². The molecule has 6 atom stereocenters. The van der Waals surface area contributed by atoms with E-state index < -0.39 is 41.1 Å². The average molecular weight is 1070 g/mol. The molecule has 2 aromatic heterocycles. The largest absolute Gasteiger partial charge is 0.508 e. The van der Waals surface area contributed by atoms with E-state index in [-0.39, 0.29) is 84.0 Å². The summed E-state index contributed by atoms with van der Waals surface area (Å²) in [4.78, 5) is 64.8. The summed E-state index contributed by atoms with van der Waals surface area (Å²) in [5.41, 5.74) is 1.16. The number of nitrogens with one attached hydrogen (secondary N) is 2. The Morgan fingerprint density at radius 3 is 2.37 bits per heavy atom. The minimum atomic E-state index is -0.993. The molecule has 0 aliphatic carbocycles. The molecule has 8 aliphatic heterocycles. The number of carbonyl (C=O) groups is 3. The van der Waals surface area contributed by atoms with Crippen molar-refractivity contribution < 1.29 is 41.8 Å². The number of halogens is 4. The summed E-state index contributed by atoms with van der Waals surface area (Å²) in [6.07, 6.45) is 7.31. The molecule has 3 N–H and O–H groups in total. The number of anilines is 2. The molecule has 7 saturated heterocycles. The number of rotatable bonds is 13. The van der Waals surface area contributed by atoms with E-state index in [1.54, 1.807) is 24.4 Å². The number of benzene rings is 3. The van der Waals surface area contributed by atoms with E-state index in [2.05, 4.69) is 40.1 Å². The number of nitrogens with zero attached hydrogens (tertiary/aromatic N) is 9. The van der Waals surface area contributed by atoms with Crippen molar-refractivity contribution in [3.05, 3.63) is 76.7 Å². The lowest BCUT2D eigenvalue weighted by Crippen LogP contribution is -2.52. The fraction of sp³-hybridized carbons (Fsp3) is 0.552. The molecule has 78 heavy (non-hydrogen) atoms. The molecule has 5 aromatic rings. The Morgan fingerprint density at radius 2 is 1.60 bits per heavy atom. The smallest absolute Gasteiger partial charge is 0.319 e. The van der Waals surface area contributed by atoms with Gasteiger partial charge in [-0.25, -0.2) is 17.6 Å². The maximum Gasteiger partial charge on any atom is 0.319 e. The molecular weight excluding hydrogens is 1010 g/mol. The third kappa shape index (κ3) is 9.36. The van der Waals surface area contributed by atoms with E-state index in [4.69, 9.17) is 14.7 Å². The van der Waals surface area contributed by atoms with Gasteiger partial charge in [0.1, 0.15) is 47.4 Å². The molecular formula is C58H67F4N11O5. The van der Waals surface area contributed by atoms with Gasteiger partial charge in [0.15, 0.2) is 11.6 Å². The highest BCUT2D eigenvalue weighted by atomic mass is 19.1. The van der Waals surface area contributed by atoms with Gasteiger partial charge in [-0.1, -0.05) is 13.0 Å². The normalized spacial score (nSPS) is 27.2. The lowest BCUT2D eigenvalue weighted by atomic mass is 9.89. The number of piperazine rings is 2. The minimum absolute atomic E-state index is 0.0114. The van der Waals surface area contributed by atoms with Crippen LogP contribution in [0.4, 0.5) is 29.1 Å². The molecule has 0 saturated carbocycles. The Kier molecular flexibility index (Phi) is 13.4. The average Bonchev–Trinajstić information content (AvgIpc) is 4.32. The van der Waals surface area contributed by atoms with Crippen LogP contribution in [0, 0.1) is 29.3 Å². The first-order chi connectivity index (χ1) is 37.8. The van der Waals surface area contributed by atoms with Gasteiger partial charge in [0, 0.05) is 120 Å². The SMILES string of the molecule is CCc1c(F)ccc2cc(O)cc(-c3ncc4c(N5C[C@H]6CC[C@@H](C5)N6)nc(OC[C@]56C[C@@H](F)CN5C[C@@H](CCN5CCN(CC7CCN(c8ccc9c(c8F)CN(C8CCC(=O)NC8=O)C9=O)CC7)CC5)C6)nc4c3F)c12. The summed E-state index contributed by atoms with van der Waals surface area (Å²) >= 11 is 0. The fourth-order valence-corrected chi connectivity index (χ4v) is 14.7. The van der Waals surface area contributed by atoms with Crippen molar-refractivity contribution in [2.24, 2.45) is 11.8 Å². The summed E-state index contributed by atoms with van der Waals surface area (Å²) in [6, 6.07) is 9.02. The molecule has 16 nitrogen and oxygen atoms in total. The van der Waals surface area contributed by atoms with E-state index in [1.807, 2.05) is 6.92 Å². The van der Waals surface area contributed by atoms with E-state index in [1.165, 1.54) is 23.1 Å². The number of aryl methyl sites for hydroxylation is 1. The van der Waals surface area contributed by atoms with Crippen LogP contribution in [-0.2, 0) is 22.6 Å². The molecule has 3 amide bonds. The van der Waals surface area contributed by atoms with E-state index in [0.29, 0.717) is 96.2 Å². The molecule has 13 rings (SSSR count). The lowest BCUT2D eigenvalue weighted by Gasteiger charge is -2.39. The summed E-state index contributed by atoms with van der Waals surface area (Å²) in [6.45, 7) is 11.7. The Morgan fingerprint density at radius 1 is 0.821 bits per heavy atom. The Balaban J connectivity index is 0.636. The Bertz CT molecular complexity index is 3200. The molecule has 412 valence electrons. The topological polar surface area (TPSA) is 163 Å². The number of imide groups is 1. The van der Waals surface area contributed by atoms with Crippen molar-refractivity contribution in [3.8, 4) is 23.0 Å². The van der Waals surface area contributed by atoms with Crippen LogP contribution < -0.4 is 25.2 Å². The van der Waals surface area contributed by atoms with E-state index in [9.17, 15) is 19.5 Å². The fourth-order valence-electron chi connectivity index (χ4n) is 14.7. The quantitative estimate of drug-likeness (QED) is 0.0885. The number of aromatic hydroxyl groups is 1. The van der Waals surface area contributed by atoms with Crippen LogP contribution in [0.25, 0.3) is 32.9 Å². The first-order valence-corrected chi connectivity index (χ1v) is 28.3. The summed E-state index contributed by atoms with van der Waals surface area (Å²) in [5, 5.41) is 18.2. The molecule has 20 heteroatoms. The van der Waals surface area contributed by atoms with Crippen molar-refractivity contribution in [1.29, 1.82) is 0 Å². The first kappa shape index (κ1) is 51.2. The Labute approximate surface area is 450 Å². The molecule has 8 aliphatic rings. The van der Waals surface area contributed by atoms with Crippen LogP contribution in [0.5, 0.6) is 11.8 Å². The molecule has 1 unspecified atom stereocenters. The number of phenols is 1. The second kappa shape index (κ2) is 20.5. The number of fused-ring (bicyclic) bond motifs is 6. The number of alkyl halides is 1. The molecule has 7 fully saturated rings. The van der Waals surface area contributed by atoms with Gasteiger partial charge in [0.25, 0.3) is 5.91 Å². The van der Waals surface area contributed by atoms with Gasteiger partial charge in [-0.2, -0.15) is 9.97 Å². The predicted molar refractivity (Wildman–Crippen MR) is 286 cm³/mol. The monoisotopic (exact) mass is 1070 g/mol. The number of pyridine rings is 1. The number of ether oxygens (including phenoxy) is 1. The Hall–Kier alpha value is -6.22. The van der Waals surface area contributed by atoms with Crippen molar-refractivity contribution in [2.45, 2.75) is 108 Å². The lowest BCUT2D eigenvalue weighted by molar-refractivity contribution is -0.136. The number of amides is 3. The van der Waals surface area contributed by atoms with Gasteiger partial charge < -0.3 is 39.7 Å². The predicted octanol–water partition coefficient (Wildman–Crippen LogP) is 6.34. The first-order valence-electron chi connectivity index (χ1n) is 28.3. The van der Waals surface area contributed by atoms with E-state index >= 15 is 17.6 Å². The second-order valence-electron chi connectivity index (χ2n) is 23.5. The molecule has 0 spiro atoms. The van der Waals surface area contributed by atoms with Gasteiger partial charge in [0.2, 0.25) is 11.8 Å². The third-order valence-electron chi connectivity index (χ3n) is 18.6. The van der Waals surface area contributed by atoms with Crippen molar-refractivity contribution in [2.75, 3.05) is 94.9 Å². The molecule has 0 radical (unpaired) electrons. The van der Waals surface area contributed by atoms with E-state index in [0.717, 1.165) is 84.3 Å². The number of hydrogen-bond donors (Lipinski definition) is 3. The zero-order valence-corrected chi connectivity index (χ0v) is 44.1. The van der Waals surface area contributed by atoms with Gasteiger partial charge in [-0.3, -0.25) is 29.6 Å². The number of aromatic nitrogens is 3. The number of hydrogen-bond acceptors (Lipinski definition) is 14.